The summed E-state index contributed by atoms with van der Waals surface area (Å²) in [5.41, 5.74) is 13.1. The third-order valence-electron chi connectivity index (χ3n) is 23.2. The fourth-order valence-electron chi connectivity index (χ4n) is 17.8. The summed E-state index contributed by atoms with van der Waals surface area (Å²) >= 11 is 0. The Morgan fingerprint density at radius 2 is 0.360 bits per heavy atom. The summed E-state index contributed by atoms with van der Waals surface area (Å²) in [7, 11) is 0. The lowest BCUT2D eigenvalue weighted by atomic mass is 9.64. The van der Waals surface area contributed by atoms with Gasteiger partial charge in [0.2, 0.25) is 0 Å². The van der Waals surface area contributed by atoms with E-state index >= 15 is 0 Å². The maximum absolute atomic E-state index is 13.1. The molecule has 3 aliphatic carbocycles. The summed E-state index contributed by atoms with van der Waals surface area (Å²) in [4.78, 5) is 33.1. The highest BCUT2D eigenvalue weighted by Gasteiger charge is 2.43. The molecule has 10 heteroatoms. The van der Waals surface area contributed by atoms with Gasteiger partial charge >= 0.3 is 0 Å². The van der Waals surface area contributed by atoms with Gasteiger partial charge in [-0.2, -0.15) is 5.26 Å². The number of rotatable bonds is 12. The lowest BCUT2D eigenvalue weighted by Crippen LogP contribution is -2.31. The Labute approximate surface area is 653 Å². The highest BCUT2D eigenvalue weighted by atomic mass is 16.3. The van der Waals surface area contributed by atoms with Crippen LogP contribution in [0, 0.1) is 11.3 Å². The molecule has 111 heavy (non-hydrogen) atoms. The van der Waals surface area contributed by atoms with Crippen LogP contribution in [-0.4, -0.2) is 88.9 Å². The van der Waals surface area contributed by atoms with Gasteiger partial charge in [-0.25, -0.2) is 0 Å². The van der Waals surface area contributed by atoms with E-state index in [4.69, 9.17) is 35.2 Å². The summed E-state index contributed by atoms with van der Waals surface area (Å²) in [5.74, 6) is 0.216. The summed E-state index contributed by atoms with van der Waals surface area (Å²) in [6.07, 6.45) is 21.7. The van der Waals surface area contributed by atoms with Crippen LogP contribution in [0.25, 0.3) is 0 Å². The Bertz CT molecular complexity index is 4400. The number of fused-ring (bicyclic) bond motifs is 9. The molecule has 1 heterocycles. The average molecular weight is 1450 g/mol. The van der Waals surface area contributed by atoms with Crippen molar-refractivity contribution in [1.82, 2.24) is 0 Å². The van der Waals surface area contributed by atoms with E-state index in [0.717, 1.165) is 144 Å². The van der Waals surface area contributed by atoms with Crippen LogP contribution in [0.2, 0.25) is 0 Å². The van der Waals surface area contributed by atoms with Gasteiger partial charge in [0, 0.05) is 77.6 Å². The molecule has 1 aliphatic heterocycles. The number of nitrogens with zero attached hydrogens (tertiary/aromatic N) is 7. The minimum absolute atomic E-state index is 0.0718. The Hall–Kier alpha value is -12.5. The maximum atomic E-state index is 13.1. The molecule has 0 unspecified atom stereocenters. The molecule has 3 saturated carbocycles. The van der Waals surface area contributed by atoms with Crippen molar-refractivity contribution in [1.29, 1.82) is 5.26 Å². The molecule has 16 rings (SSSR count). The van der Waals surface area contributed by atoms with E-state index in [2.05, 4.69) is 309 Å². The molecule has 0 aromatic heterocycles. The predicted molar refractivity (Wildman–Crippen MR) is 454 cm³/mol. The first-order chi connectivity index (χ1) is 54.7. The molecule has 0 amide bonds. The maximum Gasteiger partial charge on any atom is 0.133 e. The second-order valence-corrected chi connectivity index (χ2v) is 29.7. The molecule has 12 aromatic carbocycles. The zero-order valence-electron chi connectivity index (χ0n) is 62.8. The third kappa shape index (κ3) is 15.1. The number of hydrogen-bond acceptors (Lipinski definition) is 10. The number of aromatic hydroxyl groups is 3. The lowest BCUT2D eigenvalue weighted by molar-refractivity contribution is 0.389. The largest absolute Gasteiger partial charge is 0.507 e. The van der Waals surface area contributed by atoms with Gasteiger partial charge in [-0.3, -0.25) is 30.0 Å². The van der Waals surface area contributed by atoms with Gasteiger partial charge in [0.15, 0.2) is 0 Å². The standard InChI is InChI=1S/C99H90N6O3.C2H3N/c106-94-70-58-85(97(76-34-10-1-11-35-76,77-36-12-2-13-37-77)78-38-14-3-15-39-78)59-71(94)65-101-89-53-29-31-55-91(89)103-67-73-61-87(99(82-46-22-7-23-47-82,83-48-24-8-25-49-83)84-50-26-9-27-51-84)63-75(96(73)108)69-105-93-57-33-32-56-92(93)104-68-74-62-86(60-72(95(74)107)66-102-90-54-30-28-52-88(90)100-64-70)98(79-40-16-4-17-41-79,80-42-18-5-19-43-80)81-44-20-6-21-45-81;1-2-3/h1-27,34-51,58-69,88-93,106-108H,28-33,52-57H2;1H3/t88-,89-,90-,91-,92-,93-;/m1./s1. The van der Waals surface area contributed by atoms with Gasteiger partial charge in [-0.15, -0.1) is 0 Å². The SMILES string of the molecule is CC#N.Oc1c2cc(C(c3ccccc3)(c3ccccc3)c3ccccc3)cc1C=N[C@@H]1CCCC[C@H]1N=Cc1cc(C(c3ccccc3)(c3ccccc3)c3ccccc3)cc(c1O)C=N[C@@H]1CCCC[C@H]1N=Cc1cc(C(c3ccccc3)(c3ccccc3)c3ccccc3)cc(c1O)C=N[C@@H]1CCCC[C@H]1N=C2. The van der Waals surface area contributed by atoms with Crippen molar-refractivity contribution in [2.75, 3.05) is 0 Å². The minimum atomic E-state index is -0.867. The van der Waals surface area contributed by atoms with Crippen LogP contribution >= 0.6 is 0 Å². The van der Waals surface area contributed by atoms with E-state index in [9.17, 15) is 15.3 Å². The van der Waals surface area contributed by atoms with Crippen molar-refractivity contribution in [3.63, 3.8) is 0 Å². The number of hydrogen-bond donors (Lipinski definition) is 3. The van der Waals surface area contributed by atoms with E-state index < -0.39 is 16.2 Å². The number of nitriles is 1. The van der Waals surface area contributed by atoms with E-state index in [1.807, 2.05) is 37.3 Å². The molecular weight excluding hydrogens is 1360 g/mol. The van der Waals surface area contributed by atoms with Crippen LogP contribution in [0.5, 0.6) is 17.2 Å². The molecule has 10 nitrogen and oxygen atoms in total. The number of phenolic OH excluding ortho intramolecular Hbond substituents is 3. The van der Waals surface area contributed by atoms with Crippen molar-refractivity contribution in [3.8, 4) is 23.3 Å². The first-order valence-corrected chi connectivity index (χ1v) is 39.3. The van der Waals surface area contributed by atoms with Crippen molar-refractivity contribution in [2.45, 2.75) is 136 Å². The Kier molecular flexibility index (Phi) is 23.0. The lowest BCUT2D eigenvalue weighted by Gasteiger charge is -2.37. The van der Waals surface area contributed by atoms with Crippen LogP contribution < -0.4 is 0 Å². The monoisotopic (exact) mass is 1450 g/mol. The van der Waals surface area contributed by atoms with Gasteiger partial charge in [-0.1, -0.05) is 312 Å². The van der Waals surface area contributed by atoms with Gasteiger partial charge < -0.3 is 15.3 Å². The predicted octanol–water partition coefficient (Wildman–Crippen LogP) is 21.3. The average Bonchev–Trinajstić information content (AvgIpc) is 0.741. The van der Waals surface area contributed by atoms with E-state index in [-0.39, 0.29) is 53.5 Å². The van der Waals surface area contributed by atoms with E-state index in [1.165, 1.54) is 6.92 Å². The summed E-state index contributed by atoms with van der Waals surface area (Å²) < 4.78 is 0. The van der Waals surface area contributed by atoms with Gasteiger partial charge in [0.25, 0.3) is 0 Å². The number of aliphatic imine (C=N–C) groups is 6. The molecule has 0 saturated heterocycles. The molecule has 3 N–H and O–H groups in total. The second-order valence-electron chi connectivity index (χ2n) is 29.7. The molecule has 0 radical (unpaired) electrons. The van der Waals surface area contributed by atoms with Crippen LogP contribution in [0.15, 0.2) is 339 Å². The van der Waals surface area contributed by atoms with Crippen molar-refractivity contribution >= 4 is 37.3 Å². The van der Waals surface area contributed by atoms with E-state index in [0.29, 0.717) is 33.4 Å². The first kappa shape index (κ1) is 74.0. The molecule has 12 aromatic rings. The van der Waals surface area contributed by atoms with Crippen molar-refractivity contribution in [2.24, 2.45) is 30.0 Å². The van der Waals surface area contributed by atoms with Gasteiger partial charge in [-0.05, 0) is 142 Å². The molecule has 6 atom stereocenters. The molecule has 4 aliphatic rings. The Morgan fingerprint density at radius 3 is 0.486 bits per heavy atom. The van der Waals surface area contributed by atoms with Gasteiger partial charge in [0.05, 0.1) is 58.6 Å². The first-order valence-electron chi connectivity index (χ1n) is 39.3. The summed E-state index contributed by atoms with van der Waals surface area (Å²) in [6, 6.07) is 109. The molecular formula is C101H93N7O3. The number of phenols is 3. The smallest absolute Gasteiger partial charge is 0.133 e. The molecule has 550 valence electrons. The minimum Gasteiger partial charge on any atom is -0.507 e. The fourth-order valence-corrected chi connectivity index (χ4v) is 17.8. The quantitative estimate of drug-likeness (QED) is 0.104. The van der Waals surface area contributed by atoms with Crippen molar-refractivity contribution in [3.05, 3.63) is 410 Å². The number of benzene rings is 12. The zero-order chi connectivity index (χ0) is 75.8. The zero-order valence-corrected chi connectivity index (χ0v) is 62.8. The topological polar surface area (TPSA) is 159 Å². The van der Waals surface area contributed by atoms with Gasteiger partial charge in [0.1, 0.15) is 17.2 Å². The van der Waals surface area contributed by atoms with Crippen LogP contribution in [-0.2, 0) is 16.2 Å². The fraction of sp³-hybridized carbons (Fsp3) is 0.218. The summed E-state index contributed by atoms with van der Waals surface area (Å²) in [6.45, 7) is 1.43. The van der Waals surface area contributed by atoms with E-state index in [1.54, 1.807) is 6.07 Å². The molecule has 3 fully saturated rings. The molecule has 6 bridgehead atoms. The van der Waals surface area contributed by atoms with Crippen LogP contribution in [0.4, 0.5) is 0 Å². The third-order valence-corrected chi connectivity index (χ3v) is 23.2. The Balaban J connectivity index is 0.00000320. The Morgan fingerprint density at radius 1 is 0.234 bits per heavy atom. The second kappa shape index (κ2) is 34.4. The van der Waals surface area contributed by atoms with Crippen LogP contribution in [0.3, 0.4) is 0 Å². The highest BCUT2D eigenvalue weighted by Crippen LogP contribution is 2.51. The highest BCUT2D eigenvalue weighted by molar-refractivity contribution is 5.96. The normalized spacial score (nSPS) is 18.7. The van der Waals surface area contributed by atoms with Crippen LogP contribution in [0.1, 0.15) is 184 Å². The molecule has 0 spiro atoms. The van der Waals surface area contributed by atoms with Crippen molar-refractivity contribution < 1.29 is 15.3 Å². The summed E-state index contributed by atoms with van der Waals surface area (Å²) in [5, 5.41) is 46.7.